The van der Waals surface area contributed by atoms with Gasteiger partial charge in [0.15, 0.2) is 0 Å². The average Bonchev–Trinajstić information content (AvgIpc) is 2.75. The Morgan fingerprint density at radius 3 is 2.80 bits per heavy atom. The second-order valence-corrected chi connectivity index (χ2v) is 3.15. The largest absolute Gasteiger partial charge is 0.392 e. The summed E-state index contributed by atoms with van der Waals surface area (Å²) in [6, 6.07) is 9.97. The maximum absolute atomic E-state index is 8.71. The van der Waals surface area contributed by atoms with E-state index in [9.17, 15) is 0 Å². The van der Waals surface area contributed by atoms with Crippen LogP contribution in [0, 0.1) is 0 Å². The number of nitrogens with one attached hydrogen (secondary N) is 1. The zero-order chi connectivity index (χ0) is 10.5. The van der Waals surface area contributed by atoms with Crippen molar-refractivity contribution in [1.29, 1.82) is 0 Å². The molecular formula is C12H12N2O. The van der Waals surface area contributed by atoms with Gasteiger partial charge in [-0.3, -0.25) is 5.10 Å². The summed E-state index contributed by atoms with van der Waals surface area (Å²) in [6.07, 6.45) is 5.29. The molecule has 2 aromatic rings. The molecule has 76 valence electrons. The van der Waals surface area contributed by atoms with Gasteiger partial charge in [-0.1, -0.05) is 42.5 Å². The summed E-state index contributed by atoms with van der Waals surface area (Å²) in [5.74, 6) is 0. The number of hydrogen-bond acceptors (Lipinski definition) is 2. The van der Waals surface area contributed by atoms with E-state index in [1.54, 1.807) is 12.3 Å². The van der Waals surface area contributed by atoms with E-state index in [4.69, 9.17) is 5.11 Å². The molecule has 0 radical (unpaired) electrons. The second-order valence-electron chi connectivity index (χ2n) is 3.15. The Morgan fingerprint density at radius 1 is 1.27 bits per heavy atom. The lowest BCUT2D eigenvalue weighted by atomic mass is 10.1. The molecular weight excluding hydrogens is 188 g/mol. The summed E-state index contributed by atoms with van der Waals surface area (Å²) in [5.41, 5.74) is 3.04. The van der Waals surface area contributed by atoms with Gasteiger partial charge in [0.25, 0.3) is 0 Å². The highest BCUT2D eigenvalue weighted by atomic mass is 16.2. The van der Waals surface area contributed by atoms with Gasteiger partial charge in [0.05, 0.1) is 18.5 Å². The van der Waals surface area contributed by atoms with Gasteiger partial charge < -0.3 is 5.11 Å². The molecule has 1 aromatic heterocycles. The number of aromatic nitrogens is 2. The first-order valence-electron chi connectivity index (χ1n) is 4.78. The lowest BCUT2D eigenvalue weighted by Gasteiger charge is -1.98. The van der Waals surface area contributed by atoms with Crippen molar-refractivity contribution in [1.82, 2.24) is 10.2 Å². The van der Waals surface area contributed by atoms with Gasteiger partial charge in [0.1, 0.15) is 0 Å². The minimum absolute atomic E-state index is 0.0411. The van der Waals surface area contributed by atoms with Crippen molar-refractivity contribution in [3.8, 4) is 11.3 Å². The number of nitrogens with zero attached hydrogens (tertiary/aromatic N) is 1. The van der Waals surface area contributed by atoms with E-state index in [-0.39, 0.29) is 6.61 Å². The third-order valence-corrected chi connectivity index (χ3v) is 2.13. The van der Waals surface area contributed by atoms with Crippen LogP contribution >= 0.6 is 0 Å². The molecule has 0 aliphatic rings. The predicted octanol–water partition coefficient (Wildman–Crippen LogP) is 2.08. The number of hydrogen-bond donors (Lipinski definition) is 2. The van der Waals surface area contributed by atoms with Crippen LogP contribution in [0.15, 0.2) is 42.6 Å². The second kappa shape index (κ2) is 4.57. The van der Waals surface area contributed by atoms with Crippen LogP contribution in [0.2, 0.25) is 0 Å². The Bertz CT molecular complexity index is 446. The van der Waals surface area contributed by atoms with E-state index in [1.807, 2.05) is 36.4 Å². The fourth-order valence-electron chi connectivity index (χ4n) is 1.44. The van der Waals surface area contributed by atoms with Gasteiger partial charge in [0, 0.05) is 11.1 Å². The first-order valence-corrected chi connectivity index (χ1v) is 4.78. The van der Waals surface area contributed by atoms with E-state index in [1.165, 1.54) is 0 Å². The summed E-state index contributed by atoms with van der Waals surface area (Å²) in [7, 11) is 0. The summed E-state index contributed by atoms with van der Waals surface area (Å²) in [6.45, 7) is 0.0411. The molecule has 3 heteroatoms. The third-order valence-electron chi connectivity index (χ3n) is 2.13. The van der Waals surface area contributed by atoms with Gasteiger partial charge in [0.2, 0.25) is 0 Å². The molecule has 3 nitrogen and oxygen atoms in total. The van der Waals surface area contributed by atoms with E-state index in [2.05, 4.69) is 10.2 Å². The Kier molecular flexibility index (Phi) is 2.95. The van der Waals surface area contributed by atoms with Crippen LogP contribution in [-0.4, -0.2) is 21.9 Å². The van der Waals surface area contributed by atoms with E-state index in [0.29, 0.717) is 0 Å². The lowest BCUT2D eigenvalue weighted by molar-refractivity contribution is 0.343. The van der Waals surface area contributed by atoms with E-state index < -0.39 is 0 Å². The van der Waals surface area contributed by atoms with Gasteiger partial charge in [-0.05, 0) is 0 Å². The van der Waals surface area contributed by atoms with Crippen molar-refractivity contribution in [2.24, 2.45) is 0 Å². The predicted molar refractivity (Wildman–Crippen MR) is 60.1 cm³/mol. The Hall–Kier alpha value is -1.87. The molecule has 0 atom stereocenters. The molecule has 0 bridgehead atoms. The topological polar surface area (TPSA) is 48.9 Å². The number of aliphatic hydroxyl groups is 1. The van der Waals surface area contributed by atoms with Gasteiger partial charge in [-0.2, -0.15) is 5.10 Å². The smallest absolute Gasteiger partial charge is 0.0722 e. The minimum Gasteiger partial charge on any atom is -0.392 e. The molecule has 2 N–H and O–H groups in total. The third kappa shape index (κ3) is 2.14. The van der Waals surface area contributed by atoms with Crippen LogP contribution in [0.25, 0.3) is 17.3 Å². The molecule has 0 saturated heterocycles. The number of aliphatic hydroxyl groups excluding tert-OH is 1. The number of rotatable bonds is 3. The zero-order valence-electron chi connectivity index (χ0n) is 8.22. The molecule has 2 rings (SSSR count). The monoisotopic (exact) mass is 200 g/mol. The first-order chi connectivity index (χ1) is 7.42. The van der Waals surface area contributed by atoms with Crippen molar-refractivity contribution in [3.63, 3.8) is 0 Å². The summed E-state index contributed by atoms with van der Waals surface area (Å²) < 4.78 is 0. The highest BCUT2D eigenvalue weighted by Gasteiger charge is 2.03. The Labute approximate surface area is 88.1 Å². The normalized spacial score (nSPS) is 11.0. The molecule has 0 unspecified atom stereocenters. The molecule has 15 heavy (non-hydrogen) atoms. The molecule has 0 fully saturated rings. The van der Waals surface area contributed by atoms with Crippen LogP contribution < -0.4 is 0 Å². The fourth-order valence-corrected chi connectivity index (χ4v) is 1.44. The van der Waals surface area contributed by atoms with Gasteiger partial charge in [-0.25, -0.2) is 0 Å². The fraction of sp³-hybridized carbons (Fsp3) is 0.0833. The van der Waals surface area contributed by atoms with Crippen molar-refractivity contribution in [2.75, 3.05) is 6.61 Å². The maximum Gasteiger partial charge on any atom is 0.0722 e. The summed E-state index contributed by atoms with van der Waals surface area (Å²) in [4.78, 5) is 0. The summed E-state index contributed by atoms with van der Waals surface area (Å²) in [5, 5.41) is 15.7. The van der Waals surface area contributed by atoms with Crippen molar-refractivity contribution in [3.05, 3.63) is 48.2 Å². The van der Waals surface area contributed by atoms with Crippen LogP contribution in [0.3, 0.4) is 0 Å². The van der Waals surface area contributed by atoms with E-state index in [0.717, 1.165) is 16.8 Å². The molecule has 0 aliphatic heterocycles. The van der Waals surface area contributed by atoms with Crippen LogP contribution in [-0.2, 0) is 0 Å². The van der Waals surface area contributed by atoms with Crippen LogP contribution in [0.1, 0.15) is 5.56 Å². The van der Waals surface area contributed by atoms with Crippen LogP contribution in [0.5, 0.6) is 0 Å². The van der Waals surface area contributed by atoms with Gasteiger partial charge >= 0.3 is 0 Å². The highest BCUT2D eigenvalue weighted by molar-refractivity contribution is 5.71. The molecule has 0 amide bonds. The maximum atomic E-state index is 8.71. The molecule has 1 heterocycles. The standard InChI is InChI=1S/C12H12N2O/c15-8-4-7-11-9-13-14-12(11)10-5-2-1-3-6-10/h1-7,9,15H,8H2,(H,13,14)/b7-4+. The molecule has 0 spiro atoms. The molecule has 1 aromatic carbocycles. The Morgan fingerprint density at radius 2 is 2.07 bits per heavy atom. The van der Waals surface area contributed by atoms with Crippen molar-refractivity contribution in [2.45, 2.75) is 0 Å². The van der Waals surface area contributed by atoms with Gasteiger partial charge in [-0.15, -0.1) is 0 Å². The van der Waals surface area contributed by atoms with Crippen LogP contribution in [0.4, 0.5) is 0 Å². The SMILES string of the molecule is OC/C=C/c1cn[nH]c1-c1ccccc1. The minimum atomic E-state index is 0.0411. The van der Waals surface area contributed by atoms with Crippen molar-refractivity contribution < 1.29 is 5.11 Å². The van der Waals surface area contributed by atoms with E-state index >= 15 is 0 Å². The average molecular weight is 200 g/mol. The zero-order valence-corrected chi connectivity index (χ0v) is 8.22. The van der Waals surface area contributed by atoms with Crippen molar-refractivity contribution >= 4 is 6.08 Å². The summed E-state index contributed by atoms with van der Waals surface area (Å²) >= 11 is 0. The number of H-pyrrole nitrogens is 1. The molecule has 0 saturated carbocycles. The lowest BCUT2D eigenvalue weighted by Crippen LogP contribution is -1.80. The Balaban J connectivity index is 2.37. The number of aromatic amines is 1. The quantitative estimate of drug-likeness (QED) is 0.797. The highest BCUT2D eigenvalue weighted by Crippen LogP contribution is 2.21. The molecule has 0 aliphatic carbocycles. The number of benzene rings is 1. The first kappa shape index (κ1) is 9.68.